The van der Waals surface area contributed by atoms with Gasteiger partial charge in [0, 0.05) is 0 Å². The smallest absolute Gasteiger partial charge is 0.119 e. The Morgan fingerprint density at radius 3 is 2.40 bits per heavy atom. The first-order valence-electron chi connectivity index (χ1n) is 5.69. The summed E-state index contributed by atoms with van der Waals surface area (Å²) >= 11 is 0. The highest BCUT2D eigenvalue weighted by Crippen LogP contribution is 2.33. The van der Waals surface area contributed by atoms with Gasteiger partial charge in [-0.15, -0.1) is 0 Å². The zero-order chi connectivity index (χ0) is 10.8. The molecule has 2 heteroatoms. The molecule has 2 rings (SSSR count). The molecule has 1 aliphatic heterocycles. The summed E-state index contributed by atoms with van der Waals surface area (Å²) in [7, 11) is 0. The van der Waals surface area contributed by atoms with Crippen LogP contribution in [-0.2, 0) is 0 Å². The van der Waals surface area contributed by atoms with Crippen LogP contribution in [-0.4, -0.2) is 18.2 Å². The van der Waals surface area contributed by atoms with E-state index in [1.54, 1.807) is 0 Å². The molecule has 82 valence electrons. The quantitative estimate of drug-likeness (QED) is 0.738. The Kier molecular flexibility index (Phi) is 2.96. The van der Waals surface area contributed by atoms with E-state index in [0.29, 0.717) is 11.7 Å². The molecule has 2 N–H and O–H groups in total. The van der Waals surface area contributed by atoms with Gasteiger partial charge >= 0.3 is 0 Å². The minimum Gasteiger partial charge on any atom is -0.508 e. The summed E-state index contributed by atoms with van der Waals surface area (Å²) in [4.78, 5) is 0. The second-order valence-electron chi connectivity index (χ2n) is 4.52. The van der Waals surface area contributed by atoms with Crippen LogP contribution in [0.15, 0.2) is 12.1 Å². The Morgan fingerprint density at radius 2 is 1.73 bits per heavy atom. The third-order valence-electron chi connectivity index (χ3n) is 3.42. The molecule has 1 aromatic carbocycles. The molecule has 0 spiro atoms. The largest absolute Gasteiger partial charge is 0.508 e. The number of piperidine rings is 1. The van der Waals surface area contributed by atoms with Gasteiger partial charge in [-0.25, -0.2) is 0 Å². The Balaban J connectivity index is 2.30. The molecule has 0 aromatic heterocycles. The standard InChI is InChI=1S/C13H19NO/c1-9-7-12(13(15)8-10(9)2)11-3-5-14-6-4-11/h7-8,11,14-15H,3-6H2,1-2H3. The first-order chi connectivity index (χ1) is 7.18. The van der Waals surface area contributed by atoms with Gasteiger partial charge in [-0.2, -0.15) is 0 Å². The van der Waals surface area contributed by atoms with Crippen LogP contribution in [0.3, 0.4) is 0 Å². The van der Waals surface area contributed by atoms with E-state index in [4.69, 9.17) is 0 Å². The molecule has 15 heavy (non-hydrogen) atoms. The van der Waals surface area contributed by atoms with Crippen LogP contribution < -0.4 is 5.32 Å². The van der Waals surface area contributed by atoms with E-state index in [-0.39, 0.29) is 0 Å². The van der Waals surface area contributed by atoms with Gasteiger partial charge < -0.3 is 10.4 Å². The van der Waals surface area contributed by atoms with Gasteiger partial charge in [-0.1, -0.05) is 6.07 Å². The van der Waals surface area contributed by atoms with Crippen molar-refractivity contribution >= 4 is 0 Å². The first-order valence-corrected chi connectivity index (χ1v) is 5.69. The predicted octanol–water partition coefficient (Wildman–Crippen LogP) is 2.48. The van der Waals surface area contributed by atoms with Crippen molar-refractivity contribution in [3.8, 4) is 5.75 Å². The second kappa shape index (κ2) is 4.23. The number of nitrogens with one attached hydrogen (secondary N) is 1. The summed E-state index contributed by atoms with van der Waals surface area (Å²) in [5, 5.41) is 13.3. The number of aromatic hydroxyl groups is 1. The lowest BCUT2D eigenvalue weighted by atomic mass is 9.88. The van der Waals surface area contributed by atoms with Gasteiger partial charge in [0.2, 0.25) is 0 Å². The van der Waals surface area contributed by atoms with Crippen LogP contribution >= 0.6 is 0 Å². The van der Waals surface area contributed by atoms with E-state index in [9.17, 15) is 5.11 Å². The Morgan fingerprint density at radius 1 is 1.13 bits per heavy atom. The molecule has 2 nitrogen and oxygen atoms in total. The van der Waals surface area contributed by atoms with Crippen LogP contribution in [0.2, 0.25) is 0 Å². The topological polar surface area (TPSA) is 32.3 Å². The molecule has 0 atom stereocenters. The minimum absolute atomic E-state index is 0.477. The Bertz CT molecular complexity index is 354. The van der Waals surface area contributed by atoms with Gasteiger partial charge in [-0.05, 0) is 68.5 Å². The van der Waals surface area contributed by atoms with Gasteiger partial charge in [0.05, 0.1) is 0 Å². The third kappa shape index (κ3) is 2.15. The van der Waals surface area contributed by atoms with E-state index in [2.05, 4.69) is 18.3 Å². The second-order valence-corrected chi connectivity index (χ2v) is 4.52. The monoisotopic (exact) mass is 205 g/mol. The molecule has 0 saturated carbocycles. The lowest BCUT2D eigenvalue weighted by Gasteiger charge is -2.24. The number of aryl methyl sites for hydroxylation is 2. The van der Waals surface area contributed by atoms with Gasteiger partial charge in [-0.3, -0.25) is 0 Å². The van der Waals surface area contributed by atoms with E-state index < -0.39 is 0 Å². The van der Waals surface area contributed by atoms with Crippen LogP contribution in [0.25, 0.3) is 0 Å². The summed E-state index contributed by atoms with van der Waals surface area (Å²) < 4.78 is 0. The maximum absolute atomic E-state index is 9.95. The minimum atomic E-state index is 0.477. The third-order valence-corrected chi connectivity index (χ3v) is 3.42. The van der Waals surface area contributed by atoms with E-state index in [0.717, 1.165) is 31.5 Å². The fraction of sp³-hybridized carbons (Fsp3) is 0.538. The molecule has 1 heterocycles. The van der Waals surface area contributed by atoms with Crippen molar-refractivity contribution in [3.63, 3.8) is 0 Å². The van der Waals surface area contributed by atoms with Crippen molar-refractivity contribution in [1.82, 2.24) is 5.32 Å². The lowest BCUT2D eigenvalue weighted by molar-refractivity contribution is 0.424. The molecule has 1 saturated heterocycles. The summed E-state index contributed by atoms with van der Waals surface area (Å²) in [6.45, 7) is 6.29. The van der Waals surface area contributed by atoms with Gasteiger partial charge in [0.15, 0.2) is 0 Å². The SMILES string of the molecule is Cc1cc(O)c(C2CCNCC2)cc1C. The molecule has 0 aliphatic carbocycles. The summed E-state index contributed by atoms with van der Waals surface area (Å²) in [5.74, 6) is 1.01. The highest BCUT2D eigenvalue weighted by molar-refractivity contribution is 5.42. The molecule has 1 aromatic rings. The van der Waals surface area contributed by atoms with Gasteiger partial charge in [0.25, 0.3) is 0 Å². The molecular formula is C13H19NO. The normalized spacial score (nSPS) is 18.0. The zero-order valence-corrected chi connectivity index (χ0v) is 9.51. The number of rotatable bonds is 1. The average Bonchev–Trinajstić information content (AvgIpc) is 2.25. The number of benzene rings is 1. The zero-order valence-electron chi connectivity index (χ0n) is 9.51. The molecule has 0 amide bonds. The molecule has 0 bridgehead atoms. The van der Waals surface area contributed by atoms with Crippen LogP contribution in [0.1, 0.15) is 35.4 Å². The van der Waals surface area contributed by atoms with E-state index in [1.807, 2.05) is 13.0 Å². The van der Waals surface area contributed by atoms with Gasteiger partial charge in [0.1, 0.15) is 5.75 Å². The molecule has 1 aliphatic rings. The van der Waals surface area contributed by atoms with Crippen LogP contribution in [0, 0.1) is 13.8 Å². The summed E-state index contributed by atoms with van der Waals surface area (Å²) in [6, 6.07) is 4.05. The fourth-order valence-electron chi connectivity index (χ4n) is 2.28. The highest BCUT2D eigenvalue weighted by Gasteiger charge is 2.18. The van der Waals surface area contributed by atoms with Crippen LogP contribution in [0.5, 0.6) is 5.75 Å². The Labute approximate surface area is 91.3 Å². The molecular weight excluding hydrogens is 186 g/mol. The first kappa shape index (κ1) is 10.5. The predicted molar refractivity (Wildman–Crippen MR) is 62.4 cm³/mol. The van der Waals surface area contributed by atoms with E-state index >= 15 is 0 Å². The van der Waals surface area contributed by atoms with Crippen LogP contribution in [0.4, 0.5) is 0 Å². The number of phenolic OH excluding ortho intramolecular Hbond substituents is 1. The van der Waals surface area contributed by atoms with Crippen molar-refractivity contribution in [3.05, 3.63) is 28.8 Å². The number of hydrogen-bond acceptors (Lipinski definition) is 2. The van der Waals surface area contributed by atoms with Crippen molar-refractivity contribution in [1.29, 1.82) is 0 Å². The van der Waals surface area contributed by atoms with Crippen molar-refractivity contribution in [2.75, 3.05) is 13.1 Å². The Hall–Kier alpha value is -1.02. The highest BCUT2D eigenvalue weighted by atomic mass is 16.3. The maximum Gasteiger partial charge on any atom is 0.119 e. The van der Waals surface area contributed by atoms with Crippen molar-refractivity contribution < 1.29 is 5.11 Å². The molecule has 0 unspecified atom stereocenters. The lowest BCUT2D eigenvalue weighted by Crippen LogP contribution is -2.26. The summed E-state index contributed by atoms with van der Waals surface area (Å²) in [5.41, 5.74) is 3.59. The molecule has 1 fully saturated rings. The average molecular weight is 205 g/mol. The summed E-state index contributed by atoms with van der Waals surface area (Å²) in [6.07, 6.45) is 2.27. The van der Waals surface area contributed by atoms with E-state index in [1.165, 1.54) is 11.1 Å². The molecule has 0 radical (unpaired) electrons. The van der Waals surface area contributed by atoms with Crippen molar-refractivity contribution in [2.45, 2.75) is 32.6 Å². The fourth-order valence-corrected chi connectivity index (χ4v) is 2.28. The number of hydrogen-bond donors (Lipinski definition) is 2. The number of phenols is 1. The maximum atomic E-state index is 9.95. The van der Waals surface area contributed by atoms with Crippen molar-refractivity contribution in [2.24, 2.45) is 0 Å².